The molecule has 0 atom stereocenters. The summed E-state index contributed by atoms with van der Waals surface area (Å²) in [6.07, 6.45) is 0. The van der Waals surface area contributed by atoms with Gasteiger partial charge in [-0.25, -0.2) is 0 Å². The molecule has 0 fully saturated rings. The maximum atomic E-state index is 12.3. The Morgan fingerprint density at radius 3 is 2.00 bits per heavy atom. The molecular formula is C12H11HgN2O2S. The van der Waals surface area contributed by atoms with Crippen LogP contribution >= 0.6 is 0 Å². The first-order valence-electron chi connectivity index (χ1n) is 5.23. The van der Waals surface area contributed by atoms with Gasteiger partial charge >= 0.3 is 123 Å². The molecule has 0 aliphatic carbocycles. The molecule has 0 spiro atoms. The Labute approximate surface area is 122 Å². The third kappa shape index (κ3) is 2.51. The van der Waals surface area contributed by atoms with E-state index in [0.717, 1.165) is 3.07 Å². The molecule has 0 radical (unpaired) electrons. The molecule has 0 amide bonds. The molecule has 0 heterocycles. The molecular weight excluding hydrogens is 437 g/mol. The van der Waals surface area contributed by atoms with Gasteiger partial charge in [-0.2, -0.15) is 0 Å². The number of rotatable bonds is 2. The third-order valence-electron chi connectivity index (χ3n) is 2.62. The molecule has 18 heavy (non-hydrogen) atoms. The van der Waals surface area contributed by atoms with Gasteiger partial charge in [0.25, 0.3) is 0 Å². The number of sulfone groups is 1. The summed E-state index contributed by atoms with van der Waals surface area (Å²) >= 11 is 0.284. The molecule has 4 N–H and O–H groups in total. The van der Waals surface area contributed by atoms with E-state index in [0.29, 0.717) is 11.4 Å². The summed E-state index contributed by atoms with van der Waals surface area (Å²) in [7, 11) is -3.47. The van der Waals surface area contributed by atoms with Crippen LogP contribution < -0.4 is 14.5 Å². The first kappa shape index (κ1) is 13.4. The second kappa shape index (κ2) is 4.89. The Morgan fingerprint density at radius 2 is 1.44 bits per heavy atom. The Bertz CT molecular complexity index is 682. The first-order chi connectivity index (χ1) is 8.41. The predicted molar refractivity (Wildman–Crippen MR) is 66.8 cm³/mol. The number of anilines is 2. The van der Waals surface area contributed by atoms with Gasteiger partial charge in [0.1, 0.15) is 0 Å². The number of benzene rings is 2. The maximum absolute atomic E-state index is 12.3. The molecule has 6 heteroatoms. The first-order valence-corrected chi connectivity index (χ1v) is 9.46. The summed E-state index contributed by atoms with van der Waals surface area (Å²) in [6.45, 7) is 0. The van der Waals surface area contributed by atoms with Crippen LogP contribution in [0.5, 0.6) is 0 Å². The molecule has 0 saturated carbocycles. The van der Waals surface area contributed by atoms with Gasteiger partial charge in [0.2, 0.25) is 0 Å². The summed E-state index contributed by atoms with van der Waals surface area (Å²) in [6, 6.07) is 11.0. The zero-order valence-corrected chi connectivity index (χ0v) is 15.9. The van der Waals surface area contributed by atoms with Crippen molar-refractivity contribution in [2.75, 3.05) is 11.5 Å². The van der Waals surface area contributed by atoms with E-state index < -0.39 is 9.84 Å². The van der Waals surface area contributed by atoms with E-state index in [2.05, 4.69) is 0 Å². The topological polar surface area (TPSA) is 86.2 Å². The molecule has 2 aromatic rings. The molecule has 2 rings (SSSR count). The van der Waals surface area contributed by atoms with Crippen molar-refractivity contribution in [1.29, 1.82) is 0 Å². The number of hydrogen-bond acceptors (Lipinski definition) is 4. The molecule has 0 aromatic heterocycles. The van der Waals surface area contributed by atoms with Crippen molar-refractivity contribution in [2.24, 2.45) is 0 Å². The molecule has 2 aromatic carbocycles. The Morgan fingerprint density at radius 1 is 0.889 bits per heavy atom. The summed E-state index contributed by atoms with van der Waals surface area (Å²) in [4.78, 5) is 0.528. The van der Waals surface area contributed by atoms with E-state index in [4.69, 9.17) is 11.5 Å². The van der Waals surface area contributed by atoms with Crippen molar-refractivity contribution in [1.82, 2.24) is 0 Å². The predicted octanol–water partition coefficient (Wildman–Crippen LogP) is 0.856. The zero-order chi connectivity index (χ0) is 13.3. The van der Waals surface area contributed by atoms with Crippen molar-refractivity contribution < 1.29 is 34.5 Å². The van der Waals surface area contributed by atoms with Crippen molar-refractivity contribution in [3.63, 3.8) is 0 Å². The van der Waals surface area contributed by atoms with Crippen LogP contribution in [0, 0.1) is 0 Å². The summed E-state index contributed by atoms with van der Waals surface area (Å²) in [5.41, 5.74) is 12.5. The van der Waals surface area contributed by atoms with Crippen LogP contribution in [0.2, 0.25) is 0 Å². The molecule has 4 nitrogen and oxygen atoms in total. The molecule has 0 unspecified atom stereocenters. The van der Waals surface area contributed by atoms with Gasteiger partial charge in [-0.1, -0.05) is 0 Å². The van der Waals surface area contributed by atoms with Gasteiger partial charge in [-0.05, 0) is 0 Å². The standard InChI is InChI=1S/C12H11N2O2S.Hg/c13-9-1-5-11(6-2-9)17(15,16)12-7-3-10(14)4-8-12;/h1-3,5-8H,13-14H2;. The van der Waals surface area contributed by atoms with Gasteiger partial charge in [-0.15, -0.1) is 0 Å². The van der Waals surface area contributed by atoms with Crippen molar-refractivity contribution in [3.8, 4) is 0 Å². The minimum atomic E-state index is -3.47. The SMILES string of the molecule is Nc1ccc(S(=O)(=O)c2ccc(N)[c]([Hg])c2)cc1. The fourth-order valence-corrected chi connectivity index (χ4v) is 4.73. The van der Waals surface area contributed by atoms with E-state index in [1.54, 1.807) is 24.3 Å². The average molecular weight is 448 g/mol. The summed E-state index contributed by atoms with van der Waals surface area (Å²) in [5, 5.41) is 0. The third-order valence-corrected chi connectivity index (χ3v) is 6.76. The van der Waals surface area contributed by atoms with Crippen LogP contribution in [0.15, 0.2) is 52.3 Å². The van der Waals surface area contributed by atoms with Crippen LogP contribution in [0.1, 0.15) is 0 Å². The van der Waals surface area contributed by atoms with Crippen LogP contribution in [0.3, 0.4) is 0 Å². The van der Waals surface area contributed by atoms with Crippen LogP contribution in [-0.4, -0.2) is 8.42 Å². The quantitative estimate of drug-likeness (QED) is 0.528. The average Bonchev–Trinajstić information content (AvgIpc) is 2.33. The van der Waals surface area contributed by atoms with Crippen molar-refractivity contribution in [3.05, 3.63) is 42.5 Å². The second-order valence-electron chi connectivity index (χ2n) is 3.93. The molecule has 0 saturated heterocycles. The molecule has 0 aliphatic heterocycles. The van der Waals surface area contributed by atoms with E-state index in [1.165, 1.54) is 18.2 Å². The Hall–Kier alpha value is -1.07. The Balaban J connectivity index is 2.54. The fourth-order valence-electron chi connectivity index (χ4n) is 1.53. The molecule has 0 aliphatic rings. The van der Waals surface area contributed by atoms with Gasteiger partial charge in [0.15, 0.2) is 0 Å². The second-order valence-corrected chi connectivity index (χ2v) is 8.84. The fraction of sp³-hybridized carbons (Fsp3) is 0. The monoisotopic (exact) mass is 449 g/mol. The number of hydrogen-bond donors (Lipinski definition) is 2. The number of nitrogen functional groups attached to an aromatic ring is 2. The van der Waals surface area contributed by atoms with Gasteiger partial charge < -0.3 is 0 Å². The normalized spacial score (nSPS) is 11.4. The minimum absolute atomic E-state index is 0.245. The van der Waals surface area contributed by atoms with Gasteiger partial charge in [-0.3, -0.25) is 0 Å². The van der Waals surface area contributed by atoms with Crippen molar-refractivity contribution in [2.45, 2.75) is 9.79 Å². The van der Waals surface area contributed by atoms with Crippen LogP contribution in [-0.2, 0) is 36.0 Å². The summed E-state index contributed by atoms with van der Waals surface area (Å²) in [5.74, 6) is 0. The molecule has 89 valence electrons. The Kier molecular flexibility index (Phi) is 3.63. The van der Waals surface area contributed by atoms with Crippen LogP contribution in [0.25, 0.3) is 0 Å². The molecule has 0 bridgehead atoms. The van der Waals surface area contributed by atoms with E-state index in [-0.39, 0.29) is 35.9 Å². The number of nitrogens with two attached hydrogens (primary N) is 2. The van der Waals surface area contributed by atoms with Crippen molar-refractivity contribution >= 4 is 24.3 Å². The van der Waals surface area contributed by atoms with Gasteiger partial charge in [0.05, 0.1) is 0 Å². The van der Waals surface area contributed by atoms with Crippen LogP contribution in [0.4, 0.5) is 11.4 Å². The summed E-state index contributed by atoms with van der Waals surface area (Å²) < 4.78 is 25.6. The van der Waals surface area contributed by atoms with E-state index in [1.807, 2.05) is 0 Å². The van der Waals surface area contributed by atoms with Gasteiger partial charge in [0, 0.05) is 0 Å². The van der Waals surface area contributed by atoms with E-state index in [9.17, 15) is 8.42 Å². The van der Waals surface area contributed by atoms with E-state index >= 15 is 0 Å². The zero-order valence-electron chi connectivity index (χ0n) is 9.63.